The van der Waals surface area contributed by atoms with Gasteiger partial charge in [-0.1, -0.05) is 43.6 Å². The molecule has 0 aliphatic carbocycles. The molecule has 0 aliphatic rings. The molecule has 4 heteroatoms. The highest BCUT2D eigenvalue weighted by Crippen LogP contribution is 2.26. The van der Waals surface area contributed by atoms with Gasteiger partial charge in [-0.2, -0.15) is 0 Å². The Morgan fingerprint density at radius 1 is 1.20 bits per heavy atom. The number of ether oxygens (including phenoxy) is 2. The molecular weight excluding hydrogens is 274 g/mol. The van der Waals surface area contributed by atoms with Crippen LogP contribution in [0.4, 0.5) is 0 Å². The minimum absolute atomic E-state index is 0.0326. The second-order valence-electron chi connectivity index (χ2n) is 5.18. The zero-order valence-electron chi connectivity index (χ0n) is 12.9. The van der Waals surface area contributed by atoms with E-state index in [4.69, 9.17) is 21.1 Å². The van der Waals surface area contributed by atoms with Crippen molar-refractivity contribution in [1.82, 2.24) is 5.32 Å². The zero-order valence-corrected chi connectivity index (χ0v) is 13.6. The lowest BCUT2D eigenvalue weighted by Crippen LogP contribution is -2.31. The maximum atomic E-state index is 6.28. The van der Waals surface area contributed by atoms with Crippen LogP contribution in [0.3, 0.4) is 0 Å². The van der Waals surface area contributed by atoms with E-state index in [1.807, 2.05) is 38.1 Å². The van der Waals surface area contributed by atoms with Crippen molar-refractivity contribution in [2.75, 3.05) is 19.8 Å². The van der Waals surface area contributed by atoms with E-state index in [-0.39, 0.29) is 12.2 Å². The van der Waals surface area contributed by atoms with Crippen molar-refractivity contribution in [3.8, 4) is 0 Å². The second kappa shape index (κ2) is 9.35. The fraction of sp³-hybridized carbons (Fsp3) is 0.625. The number of benzene rings is 1. The van der Waals surface area contributed by atoms with E-state index >= 15 is 0 Å². The van der Waals surface area contributed by atoms with E-state index in [0.717, 1.165) is 17.1 Å². The number of hydrogen-bond acceptors (Lipinski definition) is 3. The molecular formula is C16H26ClNO2. The SMILES string of the molecule is CCOCC(C)OC(CNC(C)C)c1ccccc1Cl. The van der Waals surface area contributed by atoms with Crippen LogP contribution in [0.15, 0.2) is 24.3 Å². The number of rotatable bonds is 9. The number of hydrogen-bond donors (Lipinski definition) is 1. The lowest BCUT2D eigenvalue weighted by atomic mass is 10.1. The van der Waals surface area contributed by atoms with E-state index in [0.29, 0.717) is 19.3 Å². The van der Waals surface area contributed by atoms with Gasteiger partial charge in [-0.3, -0.25) is 0 Å². The molecule has 0 radical (unpaired) electrons. The van der Waals surface area contributed by atoms with Gasteiger partial charge in [-0.15, -0.1) is 0 Å². The summed E-state index contributed by atoms with van der Waals surface area (Å²) in [6, 6.07) is 8.24. The molecule has 0 aliphatic heterocycles. The monoisotopic (exact) mass is 299 g/mol. The van der Waals surface area contributed by atoms with Crippen molar-refractivity contribution in [1.29, 1.82) is 0 Å². The molecule has 0 saturated carbocycles. The third-order valence-corrected chi connectivity index (χ3v) is 3.26. The molecule has 0 heterocycles. The van der Waals surface area contributed by atoms with Gasteiger partial charge < -0.3 is 14.8 Å². The molecule has 2 unspecified atom stereocenters. The minimum Gasteiger partial charge on any atom is -0.379 e. The van der Waals surface area contributed by atoms with Gasteiger partial charge in [0.1, 0.15) is 0 Å². The molecule has 114 valence electrons. The van der Waals surface area contributed by atoms with E-state index in [2.05, 4.69) is 19.2 Å². The summed E-state index contributed by atoms with van der Waals surface area (Å²) in [7, 11) is 0. The van der Waals surface area contributed by atoms with Gasteiger partial charge in [0.15, 0.2) is 0 Å². The van der Waals surface area contributed by atoms with Gasteiger partial charge >= 0.3 is 0 Å². The van der Waals surface area contributed by atoms with E-state index < -0.39 is 0 Å². The fourth-order valence-corrected chi connectivity index (χ4v) is 2.17. The summed E-state index contributed by atoms with van der Waals surface area (Å²) in [5.41, 5.74) is 1.02. The Morgan fingerprint density at radius 3 is 2.50 bits per heavy atom. The van der Waals surface area contributed by atoms with Gasteiger partial charge in [0.2, 0.25) is 0 Å². The average molecular weight is 300 g/mol. The summed E-state index contributed by atoms with van der Waals surface area (Å²) < 4.78 is 11.5. The Balaban J connectivity index is 2.72. The smallest absolute Gasteiger partial charge is 0.0968 e. The Labute approximate surface area is 127 Å². The van der Waals surface area contributed by atoms with Crippen LogP contribution >= 0.6 is 11.6 Å². The van der Waals surface area contributed by atoms with E-state index in [1.165, 1.54) is 0 Å². The van der Waals surface area contributed by atoms with Crippen LogP contribution in [0, 0.1) is 0 Å². The first-order valence-electron chi connectivity index (χ1n) is 7.25. The Bertz CT molecular complexity index is 384. The normalized spacial score (nSPS) is 14.5. The van der Waals surface area contributed by atoms with Crippen molar-refractivity contribution in [2.45, 2.75) is 45.9 Å². The van der Waals surface area contributed by atoms with Crippen molar-refractivity contribution in [2.24, 2.45) is 0 Å². The van der Waals surface area contributed by atoms with Crippen molar-refractivity contribution >= 4 is 11.6 Å². The first-order chi connectivity index (χ1) is 9.54. The average Bonchev–Trinajstić information content (AvgIpc) is 2.41. The highest BCUT2D eigenvalue weighted by atomic mass is 35.5. The van der Waals surface area contributed by atoms with Crippen LogP contribution in [0.2, 0.25) is 5.02 Å². The molecule has 0 bridgehead atoms. The quantitative estimate of drug-likeness (QED) is 0.752. The van der Waals surface area contributed by atoms with Crippen LogP contribution in [0.1, 0.15) is 39.4 Å². The van der Waals surface area contributed by atoms with Crippen LogP contribution in [-0.4, -0.2) is 31.9 Å². The second-order valence-corrected chi connectivity index (χ2v) is 5.59. The molecule has 1 aromatic rings. The van der Waals surface area contributed by atoms with Crippen molar-refractivity contribution in [3.05, 3.63) is 34.9 Å². The van der Waals surface area contributed by atoms with Crippen LogP contribution in [-0.2, 0) is 9.47 Å². The summed E-state index contributed by atoms with van der Waals surface area (Å²) >= 11 is 6.28. The van der Waals surface area contributed by atoms with Gasteiger partial charge in [0, 0.05) is 29.8 Å². The van der Waals surface area contributed by atoms with Gasteiger partial charge in [-0.05, 0) is 19.9 Å². The van der Waals surface area contributed by atoms with Crippen LogP contribution in [0.5, 0.6) is 0 Å². The first kappa shape index (κ1) is 17.4. The molecule has 0 aromatic heterocycles. The topological polar surface area (TPSA) is 30.5 Å². The first-order valence-corrected chi connectivity index (χ1v) is 7.63. The van der Waals surface area contributed by atoms with Gasteiger partial charge in [0.25, 0.3) is 0 Å². The predicted molar refractivity (Wildman–Crippen MR) is 84.4 cm³/mol. The summed E-state index contributed by atoms with van der Waals surface area (Å²) in [4.78, 5) is 0. The third-order valence-electron chi connectivity index (χ3n) is 2.92. The molecule has 20 heavy (non-hydrogen) atoms. The maximum absolute atomic E-state index is 6.28. The molecule has 0 amide bonds. The Morgan fingerprint density at radius 2 is 1.90 bits per heavy atom. The summed E-state index contributed by atoms with van der Waals surface area (Å²) in [6.45, 7) is 10.3. The van der Waals surface area contributed by atoms with E-state index in [9.17, 15) is 0 Å². The highest BCUT2D eigenvalue weighted by molar-refractivity contribution is 6.31. The standard InChI is InChI=1S/C16H26ClNO2/c1-5-19-11-13(4)20-16(10-18-12(2)3)14-8-6-7-9-15(14)17/h6-9,12-13,16,18H,5,10-11H2,1-4H3. The van der Waals surface area contributed by atoms with Crippen LogP contribution < -0.4 is 5.32 Å². The molecule has 1 rings (SSSR count). The Kier molecular flexibility index (Phi) is 8.15. The van der Waals surface area contributed by atoms with Crippen molar-refractivity contribution in [3.63, 3.8) is 0 Å². The van der Waals surface area contributed by atoms with Crippen LogP contribution in [0.25, 0.3) is 0 Å². The summed E-state index contributed by atoms with van der Waals surface area (Å²) in [6.07, 6.45) is -0.0354. The fourth-order valence-electron chi connectivity index (χ4n) is 1.91. The molecule has 0 spiro atoms. The number of halogens is 1. The maximum Gasteiger partial charge on any atom is 0.0968 e. The number of nitrogens with one attached hydrogen (secondary N) is 1. The summed E-state index contributed by atoms with van der Waals surface area (Å²) in [5.74, 6) is 0. The molecule has 2 atom stereocenters. The Hall–Kier alpha value is -0.610. The third kappa shape index (κ3) is 6.23. The van der Waals surface area contributed by atoms with Crippen molar-refractivity contribution < 1.29 is 9.47 Å². The molecule has 1 aromatic carbocycles. The molecule has 0 fully saturated rings. The molecule has 3 nitrogen and oxygen atoms in total. The molecule has 0 saturated heterocycles. The lowest BCUT2D eigenvalue weighted by molar-refractivity contribution is -0.0474. The van der Waals surface area contributed by atoms with E-state index in [1.54, 1.807) is 0 Å². The largest absolute Gasteiger partial charge is 0.379 e. The van der Waals surface area contributed by atoms with Gasteiger partial charge in [0.05, 0.1) is 18.8 Å². The highest BCUT2D eigenvalue weighted by Gasteiger charge is 2.18. The minimum atomic E-state index is -0.0680. The lowest BCUT2D eigenvalue weighted by Gasteiger charge is -2.25. The summed E-state index contributed by atoms with van der Waals surface area (Å²) in [5, 5.41) is 4.15. The molecule has 1 N–H and O–H groups in total. The zero-order chi connectivity index (χ0) is 15.0. The van der Waals surface area contributed by atoms with Gasteiger partial charge in [-0.25, -0.2) is 0 Å². The predicted octanol–water partition coefficient (Wildman–Crippen LogP) is 3.82.